The predicted octanol–water partition coefficient (Wildman–Crippen LogP) is 6.46. The number of carbonyl (C=O) groups is 1. The van der Waals surface area contributed by atoms with Crippen molar-refractivity contribution >= 4 is 34.8 Å². The van der Waals surface area contributed by atoms with Crippen LogP contribution in [0.2, 0.25) is 10.0 Å². The molecule has 0 bridgehead atoms. The number of benzene rings is 2. The topological polar surface area (TPSA) is 54.4 Å². The molecule has 4 nitrogen and oxygen atoms in total. The molecule has 0 radical (unpaired) electrons. The van der Waals surface area contributed by atoms with Crippen molar-refractivity contribution < 1.29 is 4.79 Å². The number of pyridine rings is 1. The lowest BCUT2D eigenvalue weighted by Gasteiger charge is -2.12. The number of hydrogen-bond donors (Lipinski definition) is 1. The van der Waals surface area contributed by atoms with Crippen molar-refractivity contribution in [2.45, 2.75) is 39.2 Å². The summed E-state index contributed by atoms with van der Waals surface area (Å²) < 4.78 is 0. The van der Waals surface area contributed by atoms with E-state index >= 15 is 0 Å². The van der Waals surface area contributed by atoms with Crippen LogP contribution in [-0.2, 0) is 13.0 Å². The highest BCUT2D eigenvalue weighted by Crippen LogP contribution is 2.25. The molecule has 0 amide bonds. The van der Waals surface area contributed by atoms with Gasteiger partial charge in [0.05, 0.1) is 5.84 Å². The number of aromatic nitrogens is 1. The molecule has 164 valence electrons. The first-order chi connectivity index (χ1) is 15.5. The fourth-order valence-corrected chi connectivity index (χ4v) is 4.46. The Kier molecular flexibility index (Phi) is 7.23. The zero-order valence-corrected chi connectivity index (χ0v) is 19.5. The lowest BCUT2D eigenvalue weighted by atomic mass is 9.95. The average molecular weight is 466 g/mol. The fourth-order valence-electron chi connectivity index (χ4n) is 3.89. The van der Waals surface area contributed by atoms with Crippen LogP contribution in [0.3, 0.4) is 0 Å². The van der Waals surface area contributed by atoms with Crippen molar-refractivity contribution in [1.82, 2.24) is 10.3 Å². The second-order valence-electron chi connectivity index (χ2n) is 8.09. The van der Waals surface area contributed by atoms with Gasteiger partial charge >= 0.3 is 0 Å². The largest absolute Gasteiger partial charge is 0.370 e. The van der Waals surface area contributed by atoms with E-state index in [0.29, 0.717) is 35.0 Å². The van der Waals surface area contributed by atoms with Gasteiger partial charge in [-0.2, -0.15) is 0 Å². The summed E-state index contributed by atoms with van der Waals surface area (Å²) in [4.78, 5) is 21.9. The number of nitrogens with one attached hydrogen (secondary N) is 1. The molecule has 0 atom stereocenters. The number of aryl methyl sites for hydroxylation is 2. The van der Waals surface area contributed by atoms with Crippen molar-refractivity contribution in [3.05, 3.63) is 87.2 Å². The molecule has 32 heavy (non-hydrogen) atoms. The number of carbonyl (C=O) groups excluding carboxylic acids is 1. The zero-order valence-electron chi connectivity index (χ0n) is 18.0. The minimum absolute atomic E-state index is 0.0909. The van der Waals surface area contributed by atoms with Gasteiger partial charge in [-0.15, -0.1) is 0 Å². The first kappa shape index (κ1) is 22.5. The van der Waals surface area contributed by atoms with Crippen molar-refractivity contribution in [2.75, 3.05) is 6.54 Å². The van der Waals surface area contributed by atoms with Crippen molar-refractivity contribution in [2.24, 2.45) is 4.99 Å². The summed E-state index contributed by atoms with van der Waals surface area (Å²) in [7, 11) is 0. The molecule has 1 aliphatic heterocycles. The third-order valence-corrected chi connectivity index (χ3v) is 5.92. The molecule has 0 saturated carbocycles. The molecular weight excluding hydrogens is 441 g/mol. The Bertz CT molecular complexity index is 1150. The van der Waals surface area contributed by atoms with Crippen LogP contribution in [0.1, 0.15) is 46.4 Å². The molecule has 1 aliphatic rings. The second-order valence-corrected chi connectivity index (χ2v) is 8.96. The SMILES string of the molecule is Cc1cc(-c2cc(CNC3=NCCC3)cc(C(=O)CCc3cc(Cl)cc(Cl)c3)c2)ccn1. The van der Waals surface area contributed by atoms with E-state index < -0.39 is 0 Å². The molecule has 0 saturated heterocycles. The highest BCUT2D eigenvalue weighted by molar-refractivity contribution is 6.34. The smallest absolute Gasteiger partial charge is 0.163 e. The van der Waals surface area contributed by atoms with E-state index in [-0.39, 0.29) is 5.78 Å². The molecule has 4 rings (SSSR count). The maximum Gasteiger partial charge on any atom is 0.163 e. The molecule has 0 unspecified atom stereocenters. The van der Waals surface area contributed by atoms with Crippen LogP contribution < -0.4 is 5.32 Å². The lowest BCUT2D eigenvalue weighted by molar-refractivity contribution is 0.0982. The third kappa shape index (κ3) is 5.96. The molecule has 2 aromatic carbocycles. The Labute approximate surface area is 198 Å². The highest BCUT2D eigenvalue weighted by Gasteiger charge is 2.13. The molecule has 6 heteroatoms. The van der Waals surface area contributed by atoms with E-state index in [1.54, 1.807) is 12.3 Å². The van der Waals surface area contributed by atoms with Gasteiger partial charge in [-0.25, -0.2) is 0 Å². The summed E-state index contributed by atoms with van der Waals surface area (Å²) in [6.07, 6.45) is 4.84. The van der Waals surface area contributed by atoms with Crippen LogP contribution >= 0.6 is 23.2 Å². The Morgan fingerprint density at radius 2 is 1.81 bits per heavy atom. The molecule has 0 spiro atoms. The Morgan fingerprint density at radius 3 is 2.53 bits per heavy atom. The van der Waals surface area contributed by atoms with Gasteiger partial charge < -0.3 is 5.32 Å². The van der Waals surface area contributed by atoms with E-state index in [4.69, 9.17) is 23.2 Å². The lowest BCUT2D eigenvalue weighted by Crippen LogP contribution is -2.20. The maximum absolute atomic E-state index is 13.1. The quantitative estimate of drug-likeness (QED) is 0.407. The van der Waals surface area contributed by atoms with Gasteiger partial charge in [0, 0.05) is 53.4 Å². The summed E-state index contributed by atoms with van der Waals surface area (Å²) in [6.45, 7) is 3.49. The molecule has 1 aromatic heterocycles. The van der Waals surface area contributed by atoms with Gasteiger partial charge in [0.2, 0.25) is 0 Å². The van der Waals surface area contributed by atoms with Gasteiger partial charge in [-0.1, -0.05) is 23.2 Å². The monoisotopic (exact) mass is 465 g/mol. The number of amidine groups is 1. The number of Topliss-reactive ketones (excluding diaryl/α,β-unsaturated/α-hetero) is 1. The van der Waals surface area contributed by atoms with Gasteiger partial charge in [0.1, 0.15) is 0 Å². The maximum atomic E-state index is 13.1. The summed E-state index contributed by atoms with van der Waals surface area (Å²) in [6, 6.07) is 15.5. The molecule has 0 aliphatic carbocycles. The standard InChI is InChI=1S/C26H25Cl2N3O/c1-17-9-20(6-8-29-17)21-10-19(16-31-26-3-2-7-30-26)11-22(14-21)25(32)5-4-18-12-23(27)15-24(28)13-18/h6,8-15H,2-5,7,16H2,1H3,(H,30,31). The number of aliphatic imine (C=N–C) groups is 1. The predicted molar refractivity (Wildman–Crippen MR) is 132 cm³/mol. The van der Waals surface area contributed by atoms with E-state index in [1.165, 1.54) is 0 Å². The minimum atomic E-state index is 0.0909. The van der Waals surface area contributed by atoms with Crippen LogP contribution in [0, 0.1) is 6.92 Å². The Morgan fingerprint density at radius 1 is 1.00 bits per heavy atom. The van der Waals surface area contributed by atoms with E-state index in [2.05, 4.69) is 21.4 Å². The minimum Gasteiger partial charge on any atom is -0.370 e. The van der Waals surface area contributed by atoms with Crippen LogP contribution in [0.5, 0.6) is 0 Å². The second kappa shape index (κ2) is 10.3. The number of ketones is 1. The first-order valence-electron chi connectivity index (χ1n) is 10.8. The number of rotatable bonds is 7. The zero-order chi connectivity index (χ0) is 22.5. The van der Waals surface area contributed by atoms with E-state index in [9.17, 15) is 4.79 Å². The average Bonchev–Trinajstić information content (AvgIpc) is 3.29. The van der Waals surface area contributed by atoms with Gasteiger partial charge in [-0.05, 0) is 90.6 Å². The summed E-state index contributed by atoms with van der Waals surface area (Å²) in [5.41, 5.74) is 5.72. The molecule has 2 heterocycles. The Hall–Kier alpha value is -2.69. The molecule has 3 aromatic rings. The fraction of sp³-hybridized carbons (Fsp3) is 0.269. The first-order valence-corrected chi connectivity index (χ1v) is 11.5. The summed E-state index contributed by atoms with van der Waals surface area (Å²) in [5, 5.41) is 4.58. The van der Waals surface area contributed by atoms with Gasteiger partial charge in [-0.3, -0.25) is 14.8 Å². The van der Waals surface area contributed by atoms with Gasteiger partial charge in [0.15, 0.2) is 5.78 Å². The molecule has 0 fully saturated rings. The third-order valence-electron chi connectivity index (χ3n) is 5.48. The Balaban J connectivity index is 1.57. The van der Waals surface area contributed by atoms with Crippen LogP contribution in [-0.4, -0.2) is 23.1 Å². The van der Waals surface area contributed by atoms with E-state index in [1.807, 2.05) is 43.3 Å². The highest BCUT2D eigenvalue weighted by atomic mass is 35.5. The van der Waals surface area contributed by atoms with Crippen LogP contribution in [0.25, 0.3) is 11.1 Å². The van der Waals surface area contributed by atoms with Crippen molar-refractivity contribution in [1.29, 1.82) is 0 Å². The summed E-state index contributed by atoms with van der Waals surface area (Å²) >= 11 is 12.2. The van der Waals surface area contributed by atoms with Crippen molar-refractivity contribution in [3.63, 3.8) is 0 Å². The number of hydrogen-bond acceptors (Lipinski definition) is 4. The van der Waals surface area contributed by atoms with Gasteiger partial charge in [0.25, 0.3) is 0 Å². The van der Waals surface area contributed by atoms with Crippen LogP contribution in [0.15, 0.2) is 59.7 Å². The molecular formula is C26H25Cl2N3O. The molecule has 1 N–H and O–H groups in total. The van der Waals surface area contributed by atoms with Crippen molar-refractivity contribution in [3.8, 4) is 11.1 Å². The van der Waals surface area contributed by atoms with E-state index in [0.717, 1.165) is 53.2 Å². The number of nitrogens with zero attached hydrogens (tertiary/aromatic N) is 2. The number of halogens is 2. The summed E-state index contributed by atoms with van der Waals surface area (Å²) in [5.74, 6) is 1.13. The van der Waals surface area contributed by atoms with Crippen LogP contribution in [0.4, 0.5) is 0 Å². The normalized spacial score (nSPS) is 13.2.